The third kappa shape index (κ3) is 3.77. The molecule has 128 valence electrons. The molecule has 1 N–H and O–H groups in total. The van der Waals surface area contributed by atoms with Gasteiger partial charge in [-0.2, -0.15) is 0 Å². The fraction of sp³-hybridized carbons (Fsp3) is 0.375. The van der Waals surface area contributed by atoms with Gasteiger partial charge in [0.05, 0.1) is 17.1 Å². The zero-order valence-electron chi connectivity index (χ0n) is 13.4. The molecule has 0 saturated heterocycles. The highest BCUT2D eigenvalue weighted by atomic mass is 16.6. The summed E-state index contributed by atoms with van der Waals surface area (Å²) in [5, 5.41) is 13.9. The van der Waals surface area contributed by atoms with Crippen LogP contribution in [0.1, 0.15) is 24.8 Å². The zero-order chi connectivity index (χ0) is 17.7. The molecule has 0 radical (unpaired) electrons. The van der Waals surface area contributed by atoms with Crippen LogP contribution >= 0.6 is 0 Å². The molecule has 8 nitrogen and oxygen atoms in total. The predicted molar refractivity (Wildman–Crippen MR) is 84.1 cm³/mol. The summed E-state index contributed by atoms with van der Waals surface area (Å²) in [6.45, 7) is 1.87. The van der Waals surface area contributed by atoms with Crippen LogP contribution in [0.25, 0.3) is 0 Å². The molecule has 1 aromatic carbocycles. The summed E-state index contributed by atoms with van der Waals surface area (Å²) >= 11 is 0. The van der Waals surface area contributed by atoms with E-state index >= 15 is 0 Å². The van der Waals surface area contributed by atoms with Crippen LogP contribution in [0.5, 0.6) is 0 Å². The van der Waals surface area contributed by atoms with Crippen LogP contribution in [-0.4, -0.2) is 37.1 Å². The lowest BCUT2D eigenvalue weighted by molar-refractivity contribution is -0.385. The SMILES string of the molecule is COCCOC(=O)C1=C(C)NC(=O)C[C@H]1c1ccccc1[N+](=O)[O-]. The number of allylic oxidation sites excluding steroid dienone is 1. The Hall–Kier alpha value is -2.74. The molecule has 1 amide bonds. The quantitative estimate of drug-likeness (QED) is 0.367. The van der Waals surface area contributed by atoms with Crippen LogP contribution < -0.4 is 5.32 Å². The molecule has 8 heteroatoms. The number of hydrogen-bond acceptors (Lipinski definition) is 6. The fourth-order valence-corrected chi connectivity index (χ4v) is 2.68. The zero-order valence-corrected chi connectivity index (χ0v) is 13.4. The molecule has 0 unspecified atom stereocenters. The van der Waals surface area contributed by atoms with Gasteiger partial charge >= 0.3 is 5.97 Å². The normalized spacial score (nSPS) is 17.4. The van der Waals surface area contributed by atoms with E-state index in [4.69, 9.17) is 9.47 Å². The number of benzene rings is 1. The Labute approximate surface area is 138 Å². The second kappa shape index (κ2) is 7.69. The first-order valence-corrected chi connectivity index (χ1v) is 7.35. The Balaban J connectivity index is 2.42. The van der Waals surface area contributed by atoms with Crippen molar-refractivity contribution in [2.75, 3.05) is 20.3 Å². The van der Waals surface area contributed by atoms with Crippen LogP contribution in [0.2, 0.25) is 0 Å². The standard InChI is InChI=1S/C16H18N2O6/c1-10-15(16(20)24-8-7-23-2)12(9-14(19)17-10)11-5-3-4-6-13(11)18(21)22/h3-6,12H,7-9H2,1-2H3,(H,17,19)/t12-/m0/s1. The number of nitro groups is 1. The van der Waals surface area contributed by atoms with Gasteiger partial charge in [-0.1, -0.05) is 18.2 Å². The van der Waals surface area contributed by atoms with E-state index in [0.717, 1.165) is 0 Å². The minimum Gasteiger partial charge on any atom is -0.460 e. The van der Waals surface area contributed by atoms with Crippen molar-refractivity contribution in [2.24, 2.45) is 0 Å². The first kappa shape index (κ1) is 17.6. The Morgan fingerprint density at radius 2 is 2.08 bits per heavy atom. The van der Waals surface area contributed by atoms with Crippen LogP contribution in [-0.2, 0) is 19.1 Å². The van der Waals surface area contributed by atoms with E-state index in [1.165, 1.54) is 19.2 Å². The molecule has 0 aliphatic carbocycles. The van der Waals surface area contributed by atoms with Gasteiger partial charge in [0.15, 0.2) is 0 Å². The summed E-state index contributed by atoms with van der Waals surface area (Å²) in [5.41, 5.74) is 0.749. The number of carbonyl (C=O) groups excluding carboxylic acids is 2. The number of amides is 1. The van der Waals surface area contributed by atoms with Crippen molar-refractivity contribution >= 4 is 17.6 Å². The van der Waals surface area contributed by atoms with Crippen molar-refractivity contribution in [2.45, 2.75) is 19.3 Å². The molecule has 0 aromatic heterocycles. The Kier molecular flexibility index (Phi) is 5.64. The number of nitrogens with zero attached hydrogens (tertiary/aromatic N) is 1. The summed E-state index contributed by atoms with van der Waals surface area (Å²) < 4.78 is 9.97. The van der Waals surface area contributed by atoms with Crippen molar-refractivity contribution in [3.05, 3.63) is 51.2 Å². The fourth-order valence-electron chi connectivity index (χ4n) is 2.68. The lowest BCUT2D eigenvalue weighted by atomic mass is 9.83. The first-order valence-electron chi connectivity index (χ1n) is 7.35. The van der Waals surface area contributed by atoms with Crippen molar-refractivity contribution in [1.82, 2.24) is 5.32 Å². The lowest BCUT2D eigenvalue weighted by Gasteiger charge is -2.26. The molecule has 0 bridgehead atoms. The highest BCUT2D eigenvalue weighted by Crippen LogP contribution is 2.37. The summed E-state index contributed by atoms with van der Waals surface area (Å²) in [6.07, 6.45) is -0.0586. The maximum absolute atomic E-state index is 12.4. The highest BCUT2D eigenvalue weighted by Gasteiger charge is 2.36. The van der Waals surface area contributed by atoms with E-state index in [0.29, 0.717) is 11.3 Å². The minimum atomic E-state index is -0.726. The average molecular weight is 334 g/mol. The second-order valence-electron chi connectivity index (χ2n) is 5.29. The molecule has 24 heavy (non-hydrogen) atoms. The molecule has 1 aliphatic heterocycles. The van der Waals surface area contributed by atoms with E-state index < -0.39 is 16.8 Å². The predicted octanol–water partition coefficient (Wildman–Crippen LogP) is 1.66. The van der Waals surface area contributed by atoms with Gasteiger partial charge in [0.1, 0.15) is 6.61 Å². The topological polar surface area (TPSA) is 108 Å². The summed E-state index contributed by atoms with van der Waals surface area (Å²) in [7, 11) is 1.48. The molecular formula is C16H18N2O6. The molecule has 0 fully saturated rings. The maximum Gasteiger partial charge on any atom is 0.336 e. The Morgan fingerprint density at radius 1 is 1.38 bits per heavy atom. The molecule has 1 aromatic rings. The monoisotopic (exact) mass is 334 g/mol. The number of carbonyl (C=O) groups is 2. The number of rotatable bonds is 6. The first-order chi connectivity index (χ1) is 11.5. The third-order valence-electron chi connectivity index (χ3n) is 3.72. The number of hydrogen-bond donors (Lipinski definition) is 1. The number of ether oxygens (including phenoxy) is 2. The van der Waals surface area contributed by atoms with E-state index in [1.54, 1.807) is 19.1 Å². The van der Waals surface area contributed by atoms with Gasteiger partial charge in [-0.25, -0.2) is 4.79 Å². The van der Waals surface area contributed by atoms with Crippen molar-refractivity contribution in [3.8, 4) is 0 Å². The van der Waals surface area contributed by atoms with Gasteiger partial charge in [0, 0.05) is 36.8 Å². The lowest BCUT2D eigenvalue weighted by Crippen LogP contribution is -2.34. The average Bonchev–Trinajstić information content (AvgIpc) is 2.54. The molecule has 0 saturated carbocycles. The second-order valence-corrected chi connectivity index (χ2v) is 5.29. The Bertz CT molecular complexity index is 698. The number of nitro benzene ring substituents is 1. The number of para-hydroxylation sites is 1. The largest absolute Gasteiger partial charge is 0.460 e. The van der Waals surface area contributed by atoms with Gasteiger partial charge < -0.3 is 14.8 Å². The van der Waals surface area contributed by atoms with Crippen molar-refractivity contribution in [3.63, 3.8) is 0 Å². The number of nitrogens with one attached hydrogen (secondary N) is 1. The van der Waals surface area contributed by atoms with Gasteiger partial charge in [0.25, 0.3) is 5.69 Å². The number of esters is 1. The van der Waals surface area contributed by atoms with Crippen LogP contribution in [0, 0.1) is 10.1 Å². The third-order valence-corrected chi connectivity index (χ3v) is 3.72. The Morgan fingerprint density at radius 3 is 2.75 bits per heavy atom. The molecule has 1 heterocycles. The number of methoxy groups -OCH3 is 1. The van der Waals surface area contributed by atoms with E-state index in [-0.39, 0.29) is 36.8 Å². The molecule has 1 aliphatic rings. The van der Waals surface area contributed by atoms with Gasteiger partial charge in [-0.05, 0) is 6.92 Å². The van der Waals surface area contributed by atoms with Crippen LogP contribution in [0.3, 0.4) is 0 Å². The van der Waals surface area contributed by atoms with Crippen LogP contribution in [0.4, 0.5) is 5.69 Å². The molecule has 0 spiro atoms. The summed E-state index contributed by atoms with van der Waals surface area (Å²) in [5.74, 6) is -1.65. The van der Waals surface area contributed by atoms with Gasteiger partial charge in [-0.3, -0.25) is 14.9 Å². The summed E-state index contributed by atoms with van der Waals surface area (Å²) in [6, 6.07) is 6.08. The van der Waals surface area contributed by atoms with Gasteiger partial charge in [-0.15, -0.1) is 0 Å². The van der Waals surface area contributed by atoms with E-state index in [1.807, 2.05) is 0 Å². The molecular weight excluding hydrogens is 316 g/mol. The summed E-state index contributed by atoms with van der Waals surface area (Å²) in [4.78, 5) is 35.0. The maximum atomic E-state index is 12.4. The van der Waals surface area contributed by atoms with Crippen molar-refractivity contribution < 1.29 is 24.0 Å². The van der Waals surface area contributed by atoms with Crippen molar-refractivity contribution in [1.29, 1.82) is 0 Å². The smallest absolute Gasteiger partial charge is 0.336 e. The van der Waals surface area contributed by atoms with Gasteiger partial charge in [0.2, 0.25) is 5.91 Å². The van der Waals surface area contributed by atoms with E-state index in [9.17, 15) is 19.7 Å². The minimum absolute atomic E-state index is 0.0586. The molecule has 2 rings (SSSR count). The highest BCUT2D eigenvalue weighted by molar-refractivity contribution is 5.96. The molecule has 1 atom stereocenters. The van der Waals surface area contributed by atoms with E-state index in [2.05, 4.69) is 5.32 Å². The van der Waals surface area contributed by atoms with Crippen LogP contribution in [0.15, 0.2) is 35.5 Å².